The summed E-state index contributed by atoms with van der Waals surface area (Å²) in [5.41, 5.74) is 1.14. The van der Waals surface area contributed by atoms with Gasteiger partial charge in [0.25, 0.3) is 0 Å². The predicted octanol–water partition coefficient (Wildman–Crippen LogP) is 4.49. The minimum Gasteiger partial charge on any atom is -0.492 e. The van der Waals surface area contributed by atoms with E-state index in [1.807, 2.05) is 13.8 Å². The lowest BCUT2D eigenvalue weighted by molar-refractivity contribution is -0.141. The highest BCUT2D eigenvalue weighted by Crippen LogP contribution is 2.30. The zero-order valence-corrected chi connectivity index (χ0v) is 23.3. The highest BCUT2D eigenvalue weighted by Gasteiger charge is 2.28. The van der Waals surface area contributed by atoms with Crippen LogP contribution in [0.1, 0.15) is 38.7 Å². The van der Waals surface area contributed by atoms with Crippen molar-refractivity contribution in [2.24, 2.45) is 0 Å². The third kappa shape index (κ3) is 8.01. The zero-order valence-electron chi connectivity index (χ0n) is 21.0. The van der Waals surface area contributed by atoms with Crippen molar-refractivity contribution in [1.82, 2.24) is 10.2 Å². The summed E-state index contributed by atoms with van der Waals surface area (Å²) in [5, 5.41) is 3.36. The van der Waals surface area contributed by atoms with Gasteiger partial charge in [-0.25, -0.2) is 8.42 Å². The summed E-state index contributed by atoms with van der Waals surface area (Å²) >= 11 is 12.2. The lowest BCUT2D eigenvalue weighted by Crippen LogP contribution is -2.48. The third-order valence-corrected chi connectivity index (χ3v) is 7.47. The maximum atomic E-state index is 13.4. The number of nitrogens with one attached hydrogen (secondary N) is 1. The Balaban J connectivity index is 2.24. The van der Waals surface area contributed by atoms with Crippen LogP contribution in [0.2, 0.25) is 10.0 Å². The minimum atomic E-state index is -3.64. The molecule has 0 radical (unpaired) electrons. The zero-order chi connectivity index (χ0) is 26.9. The summed E-state index contributed by atoms with van der Waals surface area (Å²) in [6.45, 7) is 4.26. The van der Waals surface area contributed by atoms with E-state index in [2.05, 4.69) is 5.32 Å². The van der Waals surface area contributed by atoms with Crippen LogP contribution in [-0.4, -0.2) is 57.6 Å². The Hall–Kier alpha value is -2.49. The van der Waals surface area contributed by atoms with Gasteiger partial charge in [-0.05, 0) is 49.6 Å². The van der Waals surface area contributed by atoms with Crippen molar-refractivity contribution in [3.05, 3.63) is 58.1 Å². The Morgan fingerprint density at radius 2 is 1.78 bits per heavy atom. The second-order valence-electron chi connectivity index (χ2n) is 8.15. The maximum Gasteiger partial charge on any atom is 0.242 e. The maximum absolute atomic E-state index is 13.4. The summed E-state index contributed by atoms with van der Waals surface area (Å²) < 4.78 is 32.0. The van der Waals surface area contributed by atoms with Gasteiger partial charge in [0.1, 0.15) is 11.8 Å². The van der Waals surface area contributed by atoms with E-state index in [9.17, 15) is 18.0 Å². The van der Waals surface area contributed by atoms with Crippen LogP contribution in [0.3, 0.4) is 0 Å². The number of hydrogen-bond donors (Lipinski definition) is 1. The number of anilines is 1. The first-order chi connectivity index (χ1) is 17.0. The number of amides is 2. The number of para-hydroxylation sites is 2. The van der Waals surface area contributed by atoms with Crippen LogP contribution < -0.4 is 14.4 Å². The fourth-order valence-corrected chi connectivity index (χ4v) is 5.13. The summed E-state index contributed by atoms with van der Waals surface area (Å²) in [6, 6.07) is 11.2. The molecule has 1 atom stereocenters. The number of benzene rings is 2. The molecule has 0 bridgehead atoms. The number of halogens is 2. The fraction of sp³-hybridized carbons (Fsp3) is 0.440. The van der Waals surface area contributed by atoms with E-state index in [1.165, 1.54) is 16.3 Å². The highest BCUT2D eigenvalue weighted by molar-refractivity contribution is 7.92. The molecular weight excluding hydrogens is 525 g/mol. The average Bonchev–Trinajstić information content (AvgIpc) is 2.83. The van der Waals surface area contributed by atoms with E-state index in [4.69, 9.17) is 27.9 Å². The second kappa shape index (κ2) is 13.7. The van der Waals surface area contributed by atoms with Gasteiger partial charge < -0.3 is 15.0 Å². The topological polar surface area (TPSA) is 96.0 Å². The summed E-state index contributed by atoms with van der Waals surface area (Å²) in [6.07, 6.45) is 1.81. The fourth-order valence-electron chi connectivity index (χ4n) is 3.84. The second-order valence-corrected chi connectivity index (χ2v) is 10.9. The van der Waals surface area contributed by atoms with Gasteiger partial charge in [0.05, 0.1) is 28.6 Å². The Labute approximate surface area is 223 Å². The normalized spacial score (nSPS) is 12.1. The van der Waals surface area contributed by atoms with Gasteiger partial charge in [-0.1, -0.05) is 48.3 Å². The quantitative estimate of drug-likeness (QED) is 0.391. The van der Waals surface area contributed by atoms with Crippen LogP contribution in [0.5, 0.6) is 5.75 Å². The smallest absolute Gasteiger partial charge is 0.242 e. The van der Waals surface area contributed by atoms with Crippen molar-refractivity contribution in [3.63, 3.8) is 0 Å². The first-order valence-corrected chi connectivity index (χ1v) is 14.3. The van der Waals surface area contributed by atoms with Gasteiger partial charge in [0, 0.05) is 26.6 Å². The molecule has 0 aliphatic rings. The van der Waals surface area contributed by atoms with E-state index in [0.717, 1.165) is 11.8 Å². The molecule has 36 heavy (non-hydrogen) atoms. The van der Waals surface area contributed by atoms with Crippen LogP contribution in [0.4, 0.5) is 5.69 Å². The molecule has 0 heterocycles. The highest BCUT2D eigenvalue weighted by atomic mass is 35.5. The molecule has 0 saturated heterocycles. The van der Waals surface area contributed by atoms with Crippen LogP contribution in [0.25, 0.3) is 0 Å². The van der Waals surface area contributed by atoms with E-state index >= 15 is 0 Å². The number of nitrogens with zero attached hydrogens (tertiary/aromatic N) is 2. The molecule has 0 saturated carbocycles. The van der Waals surface area contributed by atoms with Crippen molar-refractivity contribution < 1.29 is 22.7 Å². The number of sulfonamides is 1. The van der Waals surface area contributed by atoms with Gasteiger partial charge >= 0.3 is 0 Å². The third-order valence-electron chi connectivity index (χ3n) is 5.56. The van der Waals surface area contributed by atoms with Crippen LogP contribution in [-0.2, 0) is 26.2 Å². The number of likely N-dealkylation sites (N-methyl/N-ethyl adjacent to an activating group) is 1. The minimum absolute atomic E-state index is 0.0393. The lowest BCUT2D eigenvalue weighted by atomic mass is 10.1. The first kappa shape index (κ1) is 29.7. The van der Waals surface area contributed by atoms with Crippen LogP contribution in [0, 0.1) is 0 Å². The molecule has 1 N–H and O–H groups in total. The monoisotopic (exact) mass is 557 g/mol. The SMILES string of the molecule is CCOc1ccccc1N(CCCC(=O)N(Cc1ccc(Cl)c(Cl)c1)[C@@H](CC)C(=O)NC)S(C)(=O)=O. The van der Waals surface area contributed by atoms with Gasteiger partial charge in [-0.3, -0.25) is 13.9 Å². The Morgan fingerprint density at radius 3 is 2.36 bits per heavy atom. The van der Waals surface area contributed by atoms with Gasteiger partial charge in [-0.15, -0.1) is 0 Å². The largest absolute Gasteiger partial charge is 0.492 e. The van der Waals surface area contributed by atoms with Crippen molar-refractivity contribution >= 4 is 50.7 Å². The van der Waals surface area contributed by atoms with Crippen LogP contribution in [0.15, 0.2) is 42.5 Å². The van der Waals surface area contributed by atoms with Gasteiger partial charge in [-0.2, -0.15) is 0 Å². The van der Waals surface area contributed by atoms with Crippen molar-refractivity contribution in [2.45, 2.75) is 45.7 Å². The number of hydrogen-bond acceptors (Lipinski definition) is 5. The summed E-state index contributed by atoms with van der Waals surface area (Å²) in [5.74, 6) is -0.110. The molecule has 0 unspecified atom stereocenters. The molecule has 0 fully saturated rings. The summed E-state index contributed by atoms with van der Waals surface area (Å²) in [4.78, 5) is 27.4. The molecule has 8 nitrogen and oxygen atoms in total. The predicted molar refractivity (Wildman–Crippen MR) is 144 cm³/mol. The van der Waals surface area contributed by atoms with Crippen molar-refractivity contribution in [2.75, 3.05) is 30.8 Å². The van der Waals surface area contributed by atoms with Gasteiger partial charge in [0.15, 0.2) is 0 Å². The molecule has 198 valence electrons. The number of carbonyl (C=O) groups excluding carboxylic acids is 2. The Morgan fingerprint density at radius 1 is 1.08 bits per heavy atom. The van der Waals surface area contributed by atoms with E-state index < -0.39 is 16.1 Å². The van der Waals surface area contributed by atoms with Crippen molar-refractivity contribution in [1.29, 1.82) is 0 Å². The molecule has 0 spiro atoms. The van der Waals surface area contributed by atoms with Gasteiger partial charge in [0.2, 0.25) is 21.8 Å². The molecule has 2 aromatic carbocycles. The number of rotatable bonds is 13. The number of carbonyl (C=O) groups is 2. The Kier molecular flexibility index (Phi) is 11.3. The molecular formula is C25H33Cl2N3O5S. The molecule has 2 amide bonds. The summed E-state index contributed by atoms with van der Waals surface area (Å²) in [7, 11) is -2.12. The molecule has 0 aliphatic heterocycles. The average molecular weight is 559 g/mol. The van der Waals surface area contributed by atoms with E-state index in [0.29, 0.717) is 34.5 Å². The molecule has 0 aliphatic carbocycles. The molecule has 2 aromatic rings. The molecule has 11 heteroatoms. The molecule has 2 rings (SSSR count). The first-order valence-electron chi connectivity index (χ1n) is 11.7. The van der Waals surface area contributed by atoms with Crippen molar-refractivity contribution in [3.8, 4) is 5.75 Å². The molecule has 0 aromatic heterocycles. The standard InChI is InChI=1S/C25H33Cl2N3O5S/c1-5-21(25(32)28-3)29(17-18-13-14-19(26)20(27)16-18)24(31)12-9-15-30(36(4,33)34)22-10-7-8-11-23(22)35-6-2/h7-8,10-11,13-14,16,21H,5-6,9,12,15,17H2,1-4H3,(H,28,32)/t21-/m0/s1. The number of ether oxygens (including phenoxy) is 1. The van der Waals surface area contributed by atoms with E-state index in [1.54, 1.807) is 42.5 Å². The Bertz CT molecular complexity index is 1160. The van der Waals surface area contributed by atoms with Crippen LogP contribution >= 0.6 is 23.2 Å². The van der Waals surface area contributed by atoms with E-state index in [-0.39, 0.29) is 37.7 Å². The lowest BCUT2D eigenvalue weighted by Gasteiger charge is -2.31.